The highest BCUT2D eigenvalue weighted by Crippen LogP contribution is 2.14. The SMILES string of the molecule is COC(=O)[C@@H]1/C=C/COc2ccc(cc2)C[C@H](NC(C)=O)C(=O)N[C@H](CCCN=C(N)N)C(=O)N1. The first-order chi connectivity index (χ1) is 16.7. The zero-order valence-corrected chi connectivity index (χ0v) is 19.8. The van der Waals surface area contributed by atoms with Crippen LogP contribution in [0.5, 0.6) is 5.75 Å². The average molecular weight is 489 g/mol. The molecule has 0 fully saturated rings. The summed E-state index contributed by atoms with van der Waals surface area (Å²) in [6.45, 7) is 1.69. The number of esters is 1. The quantitative estimate of drug-likeness (QED) is 0.109. The number of rotatable bonds is 6. The molecule has 0 aliphatic carbocycles. The number of carbonyl (C=O) groups excluding carboxylic acids is 4. The molecule has 7 N–H and O–H groups in total. The molecule has 2 bridgehead atoms. The van der Waals surface area contributed by atoms with E-state index < -0.39 is 41.8 Å². The Hall–Kier alpha value is -4.09. The Morgan fingerprint density at radius 3 is 2.51 bits per heavy atom. The predicted octanol–water partition coefficient (Wildman–Crippen LogP) is -1.12. The van der Waals surface area contributed by atoms with Gasteiger partial charge in [0.2, 0.25) is 17.7 Å². The number of fused-ring (bicyclic) bond motifs is 12. The van der Waals surface area contributed by atoms with E-state index in [1.54, 1.807) is 30.3 Å². The summed E-state index contributed by atoms with van der Waals surface area (Å²) < 4.78 is 10.4. The van der Waals surface area contributed by atoms with Gasteiger partial charge < -0.3 is 36.9 Å². The number of nitrogens with two attached hydrogens (primary N) is 2. The summed E-state index contributed by atoms with van der Waals surface area (Å²) in [7, 11) is 1.20. The first kappa shape index (κ1) is 27.2. The van der Waals surface area contributed by atoms with Gasteiger partial charge in [-0.15, -0.1) is 0 Å². The molecule has 0 saturated carbocycles. The zero-order valence-electron chi connectivity index (χ0n) is 19.8. The van der Waals surface area contributed by atoms with E-state index in [1.807, 2.05) is 0 Å². The summed E-state index contributed by atoms with van der Waals surface area (Å²) in [5.41, 5.74) is 11.5. The van der Waals surface area contributed by atoms with E-state index in [9.17, 15) is 19.2 Å². The molecule has 1 aromatic rings. The number of nitrogens with one attached hydrogen (secondary N) is 3. The van der Waals surface area contributed by atoms with Crippen LogP contribution in [0.25, 0.3) is 0 Å². The number of hydrogen-bond donors (Lipinski definition) is 5. The van der Waals surface area contributed by atoms with Crippen molar-refractivity contribution in [3.8, 4) is 5.75 Å². The Balaban J connectivity index is 2.35. The van der Waals surface area contributed by atoms with Gasteiger partial charge in [-0.1, -0.05) is 18.2 Å². The molecular formula is C23H32N6O6. The molecule has 2 heterocycles. The van der Waals surface area contributed by atoms with Crippen LogP contribution in [0.1, 0.15) is 25.3 Å². The number of amides is 3. The minimum atomic E-state index is -1.10. The van der Waals surface area contributed by atoms with Crippen LogP contribution in [0, 0.1) is 0 Å². The molecule has 0 unspecified atom stereocenters. The second kappa shape index (κ2) is 13.6. The molecule has 190 valence electrons. The van der Waals surface area contributed by atoms with E-state index in [2.05, 4.69) is 20.9 Å². The van der Waals surface area contributed by atoms with Crippen molar-refractivity contribution in [1.82, 2.24) is 16.0 Å². The highest BCUT2D eigenvalue weighted by molar-refractivity contribution is 5.93. The Morgan fingerprint density at radius 2 is 1.89 bits per heavy atom. The molecule has 0 radical (unpaired) electrons. The van der Waals surface area contributed by atoms with E-state index in [0.29, 0.717) is 12.2 Å². The minimum Gasteiger partial charge on any atom is -0.490 e. The van der Waals surface area contributed by atoms with Crippen LogP contribution in [0.3, 0.4) is 0 Å². The van der Waals surface area contributed by atoms with Crippen LogP contribution in [0.15, 0.2) is 41.4 Å². The molecule has 3 rings (SSSR count). The summed E-state index contributed by atoms with van der Waals surface area (Å²) in [5.74, 6) is -1.77. The molecule has 0 saturated heterocycles. The van der Waals surface area contributed by atoms with E-state index in [-0.39, 0.29) is 32.0 Å². The van der Waals surface area contributed by atoms with Crippen LogP contribution < -0.4 is 32.2 Å². The standard InChI is InChI=1S/C23H32N6O6/c1-14(30)27-19-13-15-7-9-16(10-8-15)35-12-4-6-18(22(33)34-2)29-20(31)17(28-21(19)32)5-3-11-26-23(24)25/h4,6-10,17-19H,3,5,11-13H2,1-2H3,(H,27,30)(H,28,32)(H,29,31)(H4,24,25,26)/b6-4+/t17-,18+,19+/m1/s1. The fourth-order valence-electron chi connectivity index (χ4n) is 3.36. The van der Waals surface area contributed by atoms with Crippen molar-refractivity contribution in [2.75, 3.05) is 20.3 Å². The van der Waals surface area contributed by atoms with Gasteiger partial charge in [0, 0.05) is 19.9 Å². The monoisotopic (exact) mass is 488 g/mol. The van der Waals surface area contributed by atoms with Gasteiger partial charge in [-0.05, 0) is 36.6 Å². The van der Waals surface area contributed by atoms with Gasteiger partial charge in [-0.3, -0.25) is 19.4 Å². The largest absolute Gasteiger partial charge is 0.490 e. The van der Waals surface area contributed by atoms with Crippen molar-refractivity contribution >= 4 is 29.7 Å². The molecule has 0 aromatic heterocycles. The first-order valence-electron chi connectivity index (χ1n) is 11.1. The zero-order chi connectivity index (χ0) is 25.8. The molecular weight excluding hydrogens is 456 g/mol. The lowest BCUT2D eigenvalue weighted by atomic mass is 10.0. The molecule has 3 atom stereocenters. The second-order valence-corrected chi connectivity index (χ2v) is 7.86. The van der Waals surface area contributed by atoms with Crippen molar-refractivity contribution in [3.05, 3.63) is 42.0 Å². The lowest BCUT2D eigenvalue weighted by molar-refractivity contribution is -0.144. The third-order valence-corrected chi connectivity index (χ3v) is 5.06. The molecule has 0 spiro atoms. The molecule has 35 heavy (non-hydrogen) atoms. The van der Waals surface area contributed by atoms with Crippen molar-refractivity contribution in [2.24, 2.45) is 16.5 Å². The molecule has 12 heteroatoms. The van der Waals surface area contributed by atoms with Crippen LogP contribution in [0.2, 0.25) is 0 Å². The van der Waals surface area contributed by atoms with Gasteiger partial charge in [0.05, 0.1) is 7.11 Å². The topological polar surface area (TPSA) is 187 Å². The Bertz CT molecular complexity index is 958. The molecule has 2 aliphatic heterocycles. The van der Waals surface area contributed by atoms with E-state index >= 15 is 0 Å². The van der Waals surface area contributed by atoms with Crippen LogP contribution >= 0.6 is 0 Å². The minimum absolute atomic E-state index is 0.0914. The number of guanidine groups is 1. The second-order valence-electron chi connectivity index (χ2n) is 7.86. The maximum Gasteiger partial charge on any atom is 0.332 e. The fourth-order valence-corrected chi connectivity index (χ4v) is 3.36. The maximum absolute atomic E-state index is 13.1. The van der Waals surface area contributed by atoms with Gasteiger partial charge in [-0.2, -0.15) is 0 Å². The maximum atomic E-state index is 13.1. The number of carbonyl (C=O) groups is 4. The lowest BCUT2D eigenvalue weighted by Gasteiger charge is -2.24. The highest BCUT2D eigenvalue weighted by atomic mass is 16.5. The van der Waals surface area contributed by atoms with Crippen molar-refractivity contribution < 1.29 is 28.7 Å². The summed E-state index contributed by atoms with van der Waals surface area (Å²) in [6, 6.07) is 3.98. The van der Waals surface area contributed by atoms with E-state index in [1.165, 1.54) is 20.1 Å². The molecule has 3 amide bonds. The number of methoxy groups -OCH3 is 1. The summed E-state index contributed by atoms with van der Waals surface area (Å²) in [4.78, 5) is 54.0. The number of aliphatic imine (C=N–C) groups is 1. The van der Waals surface area contributed by atoms with Gasteiger partial charge in [0.15, 0.2) is 5.96 Å². The predicted molar refractivity (Wildman–Crippen MR) is 128 cm³/mol. The van der Waals surface area contributed by atoms with Crippen LogP contribution in [0.4, 0.5) is 0 Å². The van der Waals surface area contributed by atoms with Gasteiger partial charge in [0.1, 0.15) is 30.5 Å². The Morgan fingerprint density at radius 1 is 1.17 bits per heavy atom. The van der Waals surface area contributed by atoms with Crippen molar-refractivity contribution in [2.45, 2.75) is 44.3 Å². The third-order valence-electron chi connectivity index (χ3n) is 5.06. The van der Waals surface area contributed by atoms with Crippen molar-refractivity contribution in [3.63, 3.8) is 0 Å². The number of hydrogen-bond acceptors (Lipinski definition) is 7. The fraction of sp³-hybridized carbons (Fsp3) is 0.435. The normalized spacial score (nSPS) is 21.6. The number of nitrogens with zero attached hydrogens (tertiary/aromatic N) is 1. The van der Waals surface area contributed by atoms with Gasteiger partial charge in [-0.25, -0.2) is 4.79 Å². The van der Waals surface area contributed by atoms with Crippen LogP contribution in [-0.4, -0.2) is 68.0 Å². The Kier molecular flexibility index (Phi) is 10.5. The smallest absolute Gasteiger partial charge is 0.332 e. The first-order valence-corrected chi connectivity index (χ1v) is 11.1. The highest BCUT2D eigenvalue weighted by Gasteiger charge is 2.29. The van der Waals surface area contributed by atoms with Gasteiger partial charge in [0.25, 0.3) is 0 Å². The van der Waals surface area contributed by atoms with Crippen molar-refractivity contribution in [1.29, 1.82) is 0 Å². The molecule has 12 nitrogen and oxygen atoms in total. The van der Waals surface area contributed by atoms with Crippen LogP contribution in [-0.2, 0) is 30.3 Å². The van der Waals surface area contributed by atoms with E-state index in [4.69, 9.17) is 20.9 Å². The summed E-state index contributed by atoms with van der Waals surface area (Å²) in [6.07, 6.45) is 3.77. The van der Waals surface area contributed by atoms with Gasteiger partial charge >= 0.3 is 5.97 Å². The average Bonchev–Trinajstić information content (AvgIpc) is 2.81. The summed E-state index contributed by atoms with van der Waals surface area (Å²) >= 11 is 0. The summed E-state index contributed by atoms with van der Waals surface area (Å²) in [5, 5.41) is 7.88. The number of benzene rings is 1. The molecule has 2 aliphatic rings. The Labute approximate surface area is 203 Å². The third kappa shape index (κ3) is 9.35. The molecule has 1 aromatic carbocycles. The van der Waals surface area contributed by atoms with E-state index in [0.717, 1.165) is 5.56 Å². The number of ether oxygens (including phenoxy) is 2. The lowest BCUT2D eigenvalue weighted by Crippen LogP contribution is -2.56.